The molecule has 0 aromatic heterocycles. The summed E-state index contributed by atoms with van der Waals surface area (Å²) < 4.78 is 0. The lowest BCUT2D eigenvalue weighted by Crippen LogP contribution is -2.51. The molecule has 0 unspecified atom stereocenters. The van der Waals surface area contributed by atoms with E-state index in [4.69, 9.17) is 0 Å². The molecule has 3 rings (SSSR count). The molecule has 1 aromatic rings. The molecule has 0 atom stereocenters. The number of carbonyl (C=O) groups excluding carboxylic acids is 4. The normalized spacial score (nSPS) is 17.2. The van der Waals surface area contributed by atoms with Crippen molar-refractivity contribution in [1.82, 2.24) is 14.7 Å². The van der Waals surface area contributed by atoms with Gasteiger partial charge in [-0.3, -0.25) is 24.1 Å². The summed E-state index contributed by atoms with van der Waals surface area (Å²) in [6, 6.07) is 4.46. The zero-order valence-corrected chi connectivity index (χ0v) is 17.8. The summed E-state index contributed by atoms with van der Waals surface area (Å²) in [6.45, 7) is 11.6. The molecule has 0 radical (unpaired) electrons. The van der Waals surface area contributed by atoms with Crippen LogP contribution in [-0.2, 0) is 4.79 Å². The highest BCUT2D eigenvalue weighted by atomic mass is 16.2. The lowest BCUT2D eigenvalue weighted by atomic mass is 9.91. The molecule has 2 heterocycles. The molecule has 2 aliphatic rings. The highest BCUT2D eigenvalue weighted by Crippen LogP contribution is 2.26. The number of piperazine rings is 1. The zero-order chi connectivity index (χ0) is 21.5. The molecular weight excluding hydrogens is 370 g/mol. The van der Waals surface area contributed by atoms with E-state index in [1.54, 1.807) is 35.8 Å². The first kappa shape index (κ1) is 21.0. The predicted octanol–water partition coefficient (Wildman–Crippen LogP) is 2.41. The van der Waals surface area contributed by atoms with Crippen LogP contribution < -0.4 is 0 Å². The first-order chi connectivity index (χ1) is 13.5. The summed E-state index contributed by atoms with van der Waals surface area (Å²) in [7, 11) is 0. The zero-order valence-electron chi connectivity index (χ0n) is 17.8. The van der Waals surface area contributed by atoms with Crippen LogP contribution in [0.1, 0.15) is 72.1 Å². The van der Waals surface area contributed by atoms with Crippen LogP contribution >= 0.6 is 0 Å². The molecule has 7 nitrogen and oxygen atoms in total. The largest absolute Gasteiger partial charge is 0.339 e. The number of fused-ring (bicyclic) bond motifs is 1. The minimum Gasteiger partial charge on any atom is -0.339 e. The number of benzene rings is 1. The lowest BCUT2D eigenvalue weighted by Gasteiger charge is -2.36. The Morgan fingerprint density at radius 1 is 0.931 bits per heavy atom. The number of rotatable bonds is 3. The molecule has 1 saturated heterocycles. The van der Waals surface area contributed by atoms with Crippen LogP contribution in [0.15, 0.2) is 18.2 Å². The van der Waals surface area contributed by atoms with E-state index in [-0.39, 0.29) is 40.6 Å². The van der Waals surface area contributed by atoms with Crippen LogP contribution in [0.4, 0.5) is 0 Å². The first-order valence-electron chi connectivity index (χ1n) is 10.1. The van der Waals surface area contributed by atoms with Crippen LogP contribution in [-0.4, -0.2) is 70.5 Å². The van der Waals surface area contributed by atoms with Crippen molar-refractivity contribution < 1.29 is 19.2 Å². The Morgan fingerprint density at radius 3 is 2.03 bits per heavy atom. The minimum atomic E-state index is -0.354. The SMILES string of the molecule is CC(C)N1C(=O)c2ccc(C(=O)N3CCN(C(=O)CC(C)(C)C)CC3)cc2C1=O. The van der Waals surface area contributed by atoms with Gasteiger partial charge in [-0.15, -0.1) is 0 Å². The molecule has 1 aromatic carbocycles. The maximum atomic E-state index is 12.9. The number of nitrogens with zero attached hydrogens (tertiary/aromatic N) is 3. The summed E-state index contributed by atoms with van der Waals surface area (Å²) in [5.74, 6) is -0.740. The van der Waals surface area contributed by atoms with E-state index in [2.05, 4.69) is 0 Å². The van der Waals surface area contributed by atoms with Crippen molar-refractivity contribution >= 4 is 23.6 Å². The Balaban J connectivity index is 1.68. The van der Waals surface area contributed by atoms with E-state index in [1.165, 1.54) is 11.0 Å². The maximum absolute atomic E-state index is 12.9. The number of hydrogen-bond donors (Lipinski definition) is 0. The van der Waals surface area contributed by atoms with Crippen LogP contribution in [0.2, 0.25) is 0 Å². The number of carbonyl (C=O) groups is 4. The fourth-order valence-electron chi connectivity index (χ4n) is 3.77. The van der Waals surface area contributed by atoms with E-state index >= 15 is 0 Å². The molecule has 2 aliphatic heterocycles. The van der Waals surface area contributed by atoms with Crippen LogP contribution in [0, 0.1) is 5.41 Å². The van der Waals surface area contributed by atoms with Crippen molar-refractivity contribution in [3.05, 3.63) is 34.9 Å². The Bertz CT molecular complexity index is 861. The molecule has 29 heavy (non-hydrogen) atoms. The molecule has 4 amide bonds. The number of hydrogen-bond acceptors (Lipinski definition) is 4. The van der Waals surface area contributed by atoms with E-state index in [0.29, 0.717) is 43.7 Å². The summed E-state index contributed by atoms with van der Waals surface area (Å²) in [4.78, 5) is 55.0. The summed E-state index contributed by atoms with van der Waals surface area (Å²) >= 11 is 0. The molecule has 7 heteroatoms. The molecular formula is C22H29N3O4. The lowest BCUT2D eigenvalue weighted by molar-refractivity contribution is -0.134. The van der Waals surface area contributed by atoms with Gasteiger partial charge in [0.2, 0.25) is 5.91 Å². The topological polar surface area (TPSA) is 78.0 Å². The summed E-state index contributed by atoms with van der Waals surface area (Å²) in [5.41, 5.74) is 0.957. The quantitative estimate of drug-likeness (QED) is 0.732. The van der Waals surface area contributed by atoms with Gasteiger partial charge < -0.3 is 9.80 Å². The number of imide groups is 1. The van der Waals surface area contributed by atoms with E-state index < -0.39 is 0 Å². The van der Waals surface area contributed by atoms with E-state index in [1.807, 2.05) is 20.8 Å². The van der Waals surface area contributed by atoms with Crippen molar-refractivity contribution in [2.45, 2.75) is 47.1 Å². The van der Waals surface area contributed by atoms with Crippen LogP contribution in [0.25, 0.3) is 0 Å². The monoisotopic (exact) mass is 399 g/mol. The second kappa shape index (κ2) is 7.61. The van der Waals surface area contributed by atoms with Crippen molar-refractivity contribution in [3.63, 3.8) is 0 Å². The standard InChI is InChI=1S/C22H29N3O4/c1-14(2)25-20(28)16-7-6-15(12-17(16)21(25)29)19(27)24-10-8-23(9-11-24)18(26)13-22(3,4)5/h6-7,12,14H,8-11,13H2,1-5H3. The van der Waals surface area contributed by atoms with Crippen molar-refractivity contribution in [3.8, 4) is 0 Å². The molecule has 0 spiro atoms. The Kier molecular flexibility index (Phi) is 5.52. The highest BCUT2D eigenvalue weighted by Gasteiger charge is 2.38. The predicted molar refractivity (Wildman–Crippen MR) is 109 cm³/mol. The van der Waals surface area contributed by atoms with Crippen LogP contribution in [0.3, 0.4) is 0 Å². The molecule has 0 N–H and O–H groups in total. The van der Waals surface area contributed by atoms with Crippen molar-refractivity contribution in [2.75, 3.05) is 26.2 Å². The molecule has 156 valence electrons. The summed E-state index contributed by atoms with van der Waals surface area (Å²) in [5, 5.41) is 0. The maximum Gasteiger partial charge on any atom is 0.261 e. The Morgan fingerprint density at radius 2 is 1.48 bits per heavy atom. The molecule has 0 saturated carbocycles. The van der Waals surface area contributed by atoms with Gasteiger partial charge >= 0.3 is 0 Å². The van der Waals surface area contributed by atoms with E-state index in [0.717, 1.165) is 0 Å². The van der Waals surface area contributed by atoms with Gasteiger partial charge in [-0.1, -0.05) is 20.8 Å². The molecule has 0 aliphatic carbocycles. The third-order valence-electron chi connectivity index (χ3n) is 5.28. The van der Waals surface area contributed by atoms with Gasteiger partial charge in [0.25, 0.3) is 17.7 Å². The van der Waals surface area contributed by atoms with Gasteiger partial charge in [-0.25, -0.2) is 0 Å². The average molecular weight is 399 g/mol. The smallest absolute Gasteiger partial charge is 0.261 e. The average Bonchev–Trinajstić information content (AvgIpc) is 2.90. The second-order valence-electron chi connectivity index (χ2n) is 9.24. The number of amides is 4. The third kappa shape index (κ3) is 4.18. The fraction of sp³-hybridized carbons (Fsp3) is 0.545. The highest BCUT2D eigenvalue weighted by molar-refractivity contribution is 6.22. The van der Waals surface area contributed by atoms with Gasteiger partial charge in [0.15, 0.2) is 0 Å². The first-order valence-corrected chi connectivity index (χ1v) is 10.1. The van der Waals surface area contributed by atoms with Gasteiger partial charge in [0.05, 0.1) is 11.1 Å². The van der Waals surface area contributed by atoms with Crippen LogP contribution in [0.5, 0.6) is 0 Å². The van der Waals surface area contributed by atoms with Gasteiger partial charge in [0, 0.05) is 44.2 Å². The Hall–Kier alpha value is -2.70. The van der Waals surface area contributed by atoms with Crippen molar-refractivity contribution in [1.29, 1.82) is 0 Å². The fourth-order valence-corrected chi connectivity index (χ4v) is 3.77. The van der Waals surface area contributed by atoms with Gasteiger partial charge in [-0.2, -0.15) is 0 Å². The van der Waals surface area contributed by atoms with Gasteiger partial charge in [-0.05, 0) is 37.5 Å². The van der Waals surface area contributed by atoms with E-state index in [9.17, 15) is 19.2 Å². The van der Waals surface area contributed by atoms with Crippen molar-refractivity contribution in [2.24, 2.45) is 5.41 Å². The summed E-state index contributed by atoms with van der Waals surface area (Å²) in [6.07, 6.45) is 0.480. The second-order valence-corrected chi connectivity index (χ2v) is 9.24. The Labute approximate surface area is 171 Å². The molecule has 0 bridgehead atoms. The minimum absolute atomic E-state index is 0.0672. The third-order valence-corrected chi connectivity index (χ3v) is 5.28. The molecule has 1 fully saturated rings. The van der Waals surface area contributed by atoms with Gasteiger partial charge in [0.1, 0.15) is 0 Å².